The zero-order valence-corrected chi connectivity index (χ0v) is 14.8. The minimum atomic E-state index is -0.580. The molecule has 1 aromatic carbocycles. The second-order valence-corrected chi connectivity index (χ2v) is 5.94. The predicted molar refractivity (Wildman–Crippen MR) is 95.6 cm³/mol. The van der Waals surface area contributed by atoms with E-state index in [9.17, 15) is 9.59 Å². The van der Waals surface area contributed by atoms with Crippen molar-refractivity contribution in [3.8, 4) is 5.75 Å². The number of para-hydroxylation sites is 2. The zero-order chi connectivity index (χ0) is 17.3. The monoisotopic (exact) mass is 406 g/mol. The normalized spacial score (nSPS) is 16.5. The van der Waals surface area contributed by atoms with Gasteiger partial charge in [-0.15, -0.1) is 0 Å². The van der Waals surface area contributed by atoms with Crippen LogP contribution in [0.1, 0.15) is 5.76 Å². The van der Waals surface area contributed by atoms with E-state index in [1.54, 1.807) is 36.4 Å². The zero-order valence-electron chi connectivity index (χ0n) is 12.4. The van der Waals surface area contributed by atoms with Gasteiger partial charge in [0, 0.05) is 0 Å². The molecule has 6 nitrogen and oxygen atoms in total. The van der Waals surface area contributed by atoms with Crippen LogP contribution in [0.25, 0.3) is 6.08 Å². The largest absolute Gasteiger partial charge is 0.495 e. The summed E-state index contributed by atoms with van der Waals surface area (Å²) in [7, 11) is 1.49. The third-order valence-electron chi connectivity index (χ3n) is 3.31. The summed E-state index contributed by atoms with van der Waals surface area (Å²) in [5, 5.41) is 2.50. The molecule has 1 aliphatic heterocycles. The average molecular weight is 407 g/mol. The van der Waals surface area contributed by atoms with Crippen molar-refractivity contribution >= 4 is 56.8 Å². The van der Waals surface area contributed by atoms with Crippen molar-refractivity contribution in [2.75, 3.05) is 12.0 Å². The van der Waals surface area contributed by atoms with Gasteiger partial charge in [-0.3, -0.25) is 14.9 Å². The smallest absolute Gasteiger partial charge is 0.270 e. The molecule has 1 fully saturated rings. The summed E-state index contributed by atoms with van der Waals surface area (Å²) < 4.78 is 11.1. The minimum Gasteiger partial charge on any atom is -0.495 e. The number of carbonyl (C=O) groups excluding carboxylic acids is 2. The number of nitrogens with zero attached hydrogens (tertiary/aromatic N) is 1. The molecule has 2 heterocycles. The van der Waals surface area contributed by atoms with Gasteiger partial charge in [0.25, 0.3) is 11.8 Å². The standard InChI is InChI=1S/C16H11BrN2O4S/c1-22-12-5-3-2-4-11(12)19-15(21)10(14(20)18-16(19)24)8-9-6-7-13(17)23-9/h2-8H,1H3,(H,18,20,24)/b10-8+. The lowest BCUT2D eigenvalue weighted by Gasteiger charge is -2.29. The Kier molecular flexibility index (Phi) is 4.50. The van der Waals surface area contributed by atoms with Crippen molar-refractivity contribution in [3.05, 3.63) is 52.4 Å². The van der Waals surface area contributed by atoms with E-state index in [1.165, 1.54) is 18.1 Å². The van der Waals surface area contributed by atoms with Crippen LogP contribution in [0.15, 0.2) is 51.1 Å². The van der Waals surface area contributed by atoms with E-state index >= 15 is 0 Å². The first-order valence-corrected chi connectivity index (χ1v) is 8.01. The number of ether oxygens (including phenoxy) is 1. The number of hydrogen-bond acceptors (Lipinski definition) is 5. The highest BCUT2D eigenvalue weighted by molar-refractivity contribution is 9.10. The van der Waals surface area contributed by atoms with Crippen molar-refractivity contribution in [2.24, 2.45) is 0 Å². The maximum atomic E-state index is 12.8. The van der Waals surface area contributed by atoms with E-state index in [0.29, 0.717) is 21.9 Å². The number of thiocarbonyl (C=S) groups is 1. The van der Waals surface area contributed by atoms with E-state index in [2.05, 4.69) is 21.2 Å². The van der Waals surface area contributed by atoms with Crippen molar-refractivity contribution in [3.63, 3.8) is 0 Å². The summed E-state index contributed by atoms with van der Waals surface area (Å²) in [6.45, 7) is 0. The molecule has 1 saturated heterocycles. The Balaban J connectivity index is 2.05. The van der Waals surface area contributed by atoms with E-state index in [0.717, 1.165) is 0 Å². The van der Waals surface area contributed by atoms with E-state index in [1.807, 2.05) is 0 Å². The van der Waals surface area contributed by atoms with Crippen LogP contribution >= 0.6 is 28.1 Å². The molecule has 0 aliphatic carbocycles. The van der Waals surface area contributed by atoms with Gasteiger partial charge in [0.15, 0.2) is 9.78 Å². The van der Waals surface area contributed by atoms with Crippen LogP contribution in [0.5, 0.6) is 5.75 Å². The van der Waals surface area contributed by atoms with Gasteiger partial charge in [0.05, 0.1) is 12.8 Å². The van der Waals surface area contributed by atoms with Gasteiger partial charge >= 0.3 is 0 Å². The quantitative estimate of drug-likeness (QED) is 0.481. The summed E-state index contributed by atoms with van der Waals surface area (Å²) in [5.41, 5.74) is 0.359. The van der Waals surface area contributed by atoms with E-state index < -0.39 is 11.8 Å². The molecule has 0 atom stereocenters. The van der Waals surface area contributed by atoms with Gasteiger partial charge < -0.3 is 9.15 Å². The molecule has 122 valence electrons. The van der Waals surface area contributed by atoms with Crippen molar-refractivity contribution in [1.82, 2.24) is 5.32 Å². The molecule has 1 N–H and O–H groups in total. The molecule has 8 heteroatoms. The maximum absolute atomic E-state index is 12.8. The van der Waals surface area contributed by atoms with Crippen molar-refractivity contribution < 1.29 is 18.7 Å². The van der Waals surface area contributed by atoms with Gasteiger partial charge in [-0.2, -0.15) is 0 Å². The molecule has 0 bridgehead atoms. The van der Waals surface area contributed by atoms with Gasteiger partial charge in [-0.1, -0.05) is 12.1 Å². The number of rotatable bonds is 3. The first-order chi connectivity index (χ1) is 11.5. The molecule has 3 rings (SSSR count). The molecule has 1 aromatic heterocycles. The lowest BCUT2D eigenvalue weighted by atomic mass is 10.1. The fraction of sp³-hybridized carbons (Fsp3) is 0.0625. The number of furan rings is 1. The summed E-state index contributed by atoms with van der Waals surface area (Å²) in [6.07, 6.45) is 1.37. The Morgan fingerprint density at radius 3 is 2.67 bits per heavy atom. The first kappa shape index (κ1) is 16.4. The summed E-state index contributed by atoms with van der Waals surface area (Å²) in [6, 6.07) is 10.2. The number of nitrogens with one attached hydrogen (secondary N) is 1. The van der Waals surface area contributed by atoms with E-state index in [4.69, 9.17) is 21.4 Å². The molecule has 1 aliphatic rings. The molecule has 24 heavy (non-hydrogen) atoms. The average Bonchev–Trinajstić information content (AvgIpc) is 2.97. The number of methoxy groups -OCH3 is 1. The molecular weight excluding hydrogens is 396 g/mol. The lowest BCUT2D eigenvalue weighted by Crippen LogP contribution is -2.54. The summed E-state index contributed by atoms with van der Waals surface area (Å²) in [4.78, 5) is 26.2. The van der Waals surface area contributed by atoms with Crippen LogP contribution in [0.3, 0.4) is 0 Å². The number of amides is 2. The number of hydrogen-bond donors (Lipinski definition) is 1. The molecule has 2 aromatic rings. The molecule has 0 radical (unpaired) electrons. The minimum absolute atomic E-state index is 0.00715. The molecular formula is C16H11BrN2O4S. The summed E-state index contributed by atoms with van der Waals surface area (Å²) >= 11 is 8.33. The van der Waals surface area contributed by atoms with Gasteiger partial charge in [-0.25, -0.2) is 4.90 Å². The fourth-order valence-electron chi connectivity index (χ4n) is 2.24. The lowest BCUT2D eigenvalue weighted by molar-refractivity contribution is -0.122. The highest BCUT2D eigenvalue weighted by Crippen LogP contribution is 2.31. The topological polar surface area (TPSA) is 71.8 Å². The van der Waals surface area contributed by atoms with Crippen LogP contribution in [0.4, 0.5) is 5.69 Å². The summed E-state index contributed by atoms with van der Waals surface area (Å²) in [5.74, 6) is -0.304. The third kappa shape index (κ3) is 2.98. The number of halogens is 1. The Hall–Kier alpha value is -2.45. The number of carbonyl (C=O) groups is 2. The Bertz CT molecular complexity index is 874. The van der Waals surface area contributed by atoms with Gasteiger partial charge in [0.1, 0.15) is 17.1 Å². The third-order valence-corrected chi connectivity index (χ3v) is 4.02. The van der Waals surface area contributed by atoms with Gasteiger partial charge in [0.2, 0.25) is 0 Å². The van der Waals surface area contributed by atoms with Crippen LogP contribution in [-0.2, 0) is 9.59 Å². The van der Waals surface area contributed by atoms with Crippen LogP contribution in [0.2, 0.25) is 0 Å². The fourth-order valence-corrected chi connectivity index (χ4v) is 2.83. The number of benzene rings is 1. The Labute approximate surface area is 151 Å². The second kappa shape index (κ2) is 6.58. The first-order valence-electron chi connectivity index (χ1n) is 6.81. The molecule has 2 amide bonds. The van der Waals surface area contributed by atoms with Crippen LogP contribution in [0, 0.1) is 0 Å². The molecule has 0 spiro atoms. The molecule has 0 saturated carbocycles. The van der Waals surface area contributed by atoms with E-state index in [-0.39, 0.29) is 10.7 Å². The van der Waals surface area contributed by atoms with Crippen molar-refractivity contribution in [1.29, 1.82) is 0 Å². The highest BCUT2D eigenvalue weighted by atomic mass is 79.9. The van der Waals surface area contributed by atoms with Crippen LogP contribution < -0.4 is 15.0 Å². The predicted octanol–water partition coefficient (Wildman–Crippen LogP) is 2.88. The highest BCUT2D eigenvalue weighted by Gasteiger charge is 2.35. The van der Waals surface area contributed by atoms with Crippen LogP contribution in [-0.4, -0.2) is 24.0 Å². The Morgan fingerprint density at radius 1 is 1.25 bits per heavy atom. The Morgan fingerprint density at radius 2 is 2.00 bits per heavy atom. The van der Waals surface area contributed by atoms with Gasteiger partial charge in [-0.05, 0) is 58.5 Å². The number of anilines is 1. The maximum Gasteiger partial charge on any atom is 0.270 e. The second-order valence-electron chi connectivity index (χ2n) is 4.77. The van der Waals surface area contributed by atoms with Crippen molar-refractivity contribution in [2.45, 2.75) is 0 Å². The SMILES string of the molecule is COc1ccccc1N1C(=O)/C(=C/c2ccc(Br)o2)C(=O)NC1=S. The molecule has 0 unspecified atom stereocenters.